The van der Waals surface area contributed by atoms with Gasteiger partial charge in [-0.05, 0) is 49.9 Å². The van der Waals surface area contributed by atoms with Crippen molar-refractivity contribution in [2.24, 2.45) is 0 Å². The lowest BCUT2D eigenvalue weighted by Crippen LogP contribution is -2.45. The van der Waals surface area contributed by atoms with Crippen molar-refractivity contribution in [1.82, 2.24) is 19.6 Å². The summed E-state index contributed by atoms with van der Waals surface area (Å²) in [5.74, 6) is -0.0648. The Hall–Kier alpha value is -3.37. The van der Waals surface area contributed by atoms with Gasteiger partial charge in [-0.15, -0.1) is 0 Å². The monoisotopic (exact) mass is 512 g/mol. The molecule has 0 aliphatic carbocycles. The molecular formula is C25H29F5N4O2. The second kappa shape index (κ2) is 11.6. The van der Waals surface area contributed by atoms with Gasteiger partial charge in [0.2, 0.25) is 0 Å². The third-order valence-corrected chi connectivity index (χ3v) is 6.04. The number of carbonyl (C=O) groups excluding carboxylic acids is 1. The maximum absolute atomic E-state index is 12.9. The number of carbonyl (C=O) groups is 1. The van der Waals surface area contributed by atoms with Gasteiger partial charge in [-0.2, -0.15) is 22.0 Å². The number of halogens is 5. The molecule has 0 aliphatic heterocycles. The SMILES string of the molecule is CCC(CCC(F)(F)F)NC(=O)N(CC)C(C)c1cccc(-c2cc(OC(F)F)c3nccn3c2)c1. The molecule has 196 valence electrons. The highest BCUT2D eigenvalue weighted by molar-refractivity contribution is 5.75. The van der Waals surface area contributed by atoms with Crippen molar-refractivity contribution >= 4 is 11.7 Å². The molecule has 36 heavy (non-hydrogen) atoms. The van der Waals surface area contributed by atoms with Crippen LogP contribution in [0.1, 0.15) is 51.6 Å². The fraction of sp³-hybridized carbons (Fsp3) is 0.440. The number of nitrogens with one attached hydrogen (secondary N) is 1. The van der Waals surface area contributed by atoms with Crippen LogP contribution in [-0.2, 0) is 0 Å². The van der Waals surface area contributed by atoms with Gasteiger partial charge in [0, 0.05) is 43.2 Å². The predicted molar refractivity (Wildman–Crippen MR) is 126 cm³/mol. The lowest BCUT2D eigenvalue weighted by molar-refractivity contribution is -0.136. The first-order valence-corrected chi connectivity index (χ1v) is 11.7. The topological polar surface area (TPSA) is 58.9 Å². The van der Waals surface area contributed by atoms with Crippen molar-refractivity contribution < 1.29 is 31.5 Å². The molecular weight excluding hydrogens is 483 g/mol. The number of nitrogens with zero attached hydrogens (tertiary/aromatic N) is 3. The largest absolute Gasteiger partial charge is 0.431 e. The van der Waals surface area contributed by atoms with Gasteiger partial charge in [0.15, 0.2) is 11.4 Å². The number of hydrogen-bond donors (Lipinski definition) is 1. The molecule has 3 rings (SSSR count). The van der Waals surface area contributed by atoms with Gasteiger partial charge in [-0.25, -0.2) is 9.78 Å². The maximum atomic E-state index is 12.9. The fourth-order valence-electron chi connectivity index (χ4n) is 4.07. The van der Waals surface area contributed by atoms with Crippen molar-refractivity contribution in [3.8, 4) is 16.9 Å². The number of imidazole rings is 1. The minimum atomic E-state index is -4.28. The molecule has 2 aromatic heterocycles. The van der Waals surface area contributed by atoms with Gasteiger partial charge in [0.1, 0.15) is 0 Å². The van der Waals surface area contributed by atoms with Crippen molar-refractivity contribution in [3.05, 3.63) is 54.5 Å². The lowest BCUT2D eigenvalue weighted by atomic mass is 10.00. The Labute approximate surface area is 206 Å². The van der Waals surface area contributed by atoms with E-state index in [4.69, 9.17) is 0 Å². The molecule has 2 amide bonds. The fourth-order valence-corrected chi connectivity index (χ4v) is 4.07. The quantitative estimate of drug-likeness (QED) is 0.304. The molecule has 0 aliphatic rings. The number of alkyl halides is 5. The van der Waals surface area contributed by atoms with Crippen LogP contribution in [-0.4, -0.2) is 45.7 Å². The van der Waals surface area contributed by atoms with E-state index in [0.29, 0.717) is 24.1 Å². The summed E-state index contributed by atoms with van der Waals surface area (Å²) in [5.41, 5.74) is 2.35. The van der Waals surface area contributed by atoms with Crippen LogP contribution in [0.3, 0.4) is 0 Å². The summed E-state index contributed by atoms with van der Waals surface area (Å²) < 4.78 is 70.0. The van der Waals surface area contributed by atoms with Crippen LogP contribution in [0.4, 0.5) is 26.7 Å². The molecule has 0 saturated heterocycles. The number of ether oxygens (including phenoxy) is 1. The highest BCUT2D eigenvalue weighted by Gasteiger charge is 2.29. The van der Waals surface area contributed by atoms with E-state index in [2.05, 4.69) is 15.0 Å². The molecule has 2 unspecified atom stereocenters. The first-order valence-electron chi connectivity index (χ1n) is 11.7. The lowest BCUT2D eigenvalue weighted by Gasteiger charge is -2.31. The number of amides is 2. The Balaban J connectivity index is 1.82. The average Bonchev–Trinajstić information content (AvgIpc) is 3.30. The van der Waals surface area contributed by atoms with Gasteiger partial charge < -0.3 is 19.4 Å². The zero-order valence-electron chi connectivity index (χ0n) is 20.2. The van der Waals surface area contributed by atoms with Crippen LogP contribution in [0.5, 0.6) is 5.75 Å². The van der Waals surface area contributed by atoms with E-state index in [1.54, 1.807) is 47.7 Å². The van der Waals surface area contributed by atoms with Gasteiger partial charge >= 0.3 is 18.8 Å². The van der Waals surface area contributed by atoms with E-state index in [0.717, 1.165) is 5.56 Å². The van der Waals surface area contributed by atoms with Crippen LogP contribution < -0.4 is 10.1 Å². The molecule has 0 spiro atoms. The molecule has 2 heterocycles. The molecule has 0 radical (unpaired) electrons. The number of benzene rings is 1. The number of hydrogen-bond acceptors (Lipinski definition) is 3. The van der Waals surface area contributed by atoms with Crippen molar-refractivity contribution in [2.45, 2.75) is 64.9 Å². The van der Waals surface area contributed by atoms with E-state index >= 15 is 0 Å². The van der Waals surface area contributed by atoms with Gasteiger partial charge in [-0.1, -0.05) is 25.1 Å². The zero-order valence-corrected chi connectivity index (χ0v) is 20.2. The molecule has 11 heteroatoms. The van der Waals surface area contributed by atoms with Gasteiger partial charge in [0.25, 0.3) is 0 Å². The summed E-state index contributed by atoms with van der Waals surface area (Å²) in [6.07, 6.45) is -0.219. The second-order valence-electron chi connectivity index (χ2n) is 8.43. The van der Waals surface area contributed by atoms with Crippen molar-refractivity contribution in [2.75, 3.05) is 6.54 Å². The number of aromatic nitrogens is 2. The summed E-state index contributed by atoms with van der Waals surface area (Å²) in [4.78, 5) is 18.5. The normalized spacial score (nSPS) is 13.6. The minimum Gasteiger partial charge on any atom is -0.431 e. The predicted octanol–water partition coefficient (Wildman–Crippen LogP) is 6.82. The Morgan fingerprint density at radius 3 is 2.58 bits per heavy atom. The molecule has 6 nitrogen and oxygen atoms in total. The number of rotatable bonds is 10. The molecule has 2 atom stereocenters. The molecule has 3 aromatic rings. The summed E-state index contributed by atoms with van der Waals surface area (Å²) in [6.45, 7) is 2.67. The maximum Gasteiger partial charge on any atom is 0.389 e. The Kier molecular flexibility index (Phi) is 8.75. The van der Waals surface area contributed by atoms with E-state index in [1.807, 2.05) is 19.1 Å². The van der Waals surface area contributed by atoms with Gasteiger partial charge in [0.05, 0.1) is 6.04 Å². The number of pyridine rings is 1. The highest BCUT2D eigenvalue weighted by Crippen LogP contribution is 2.31. The summed E-state index contributed by atoms with van der Waals surface area (Å²) in [6, 6.07) is 7.30. The summed E-state index contributed by atoms with van der Waals surface area (Å²) >= 11 is 0. The molecule has 0 fully saturated rings. The van der Waals surface area contributed by atoms with E-state index in [9.17, 15) is 26.7 Å². The molecule has 1 N–H and O–H groups in total. The van der Waals surface area contributed by atoms with E-state index in [1.165, 1.54) is 12.3 Å². The second-order valence-corrected chi connectivity index (χ2v) is 8.43. The van der Waals surface area contributed by atoms with Crippen LogP contribution in [0.2, 0.25) is 0 Å². The molecule has 1 aromatic carbocycles. The van der Waals surface area contributed by atoms with E-state index < -0.39 is 37.3 Å². The third kappa shape index (κ3) is 6.86. The zero-order chi connectivity index (χ0) is 26.5. The first kappa shape index (κ1) is 27.2. The average molecular weight is 513 g/mol. The summed E-state index contributed by atoms with van der Waals surface area (Å²) in [7, 11) is 0. The smallest absolute Gasteiger partial charge is 0.389 e. The van der Waals surface area contributed by atoms with Crippen LogP contribution in [0.25, 0.3) is 16.8 Å². The van der Waals surface area contributed by atoms with Crippen LogP contribution in [0.15, 0.2) is 48.9 Å². The van der Waals surface area contributed by atoms with Gasteiger partial charge in [-0.3, -0.25) is 0 Å². The Morgan fingerprint density at radius 2 is 1.94 bits per heavy atom. The van der Waals surface area contributed by atoms with Crippen LogP contribution in [0, 0.1) is 0 Å². The number of urea groups is 1. The van der Waals surface area contributed by atoms with E-state index in [-0.39, 0.29) is 17.8 Å². The molecule has 0 bridgehead atoms. The first-order chi connectivity index (χ1) is 17.0. The Morgan fingerprint density at radius 1 is 1.19 bits per heavy atom. The highest BCUT2D eigenvalue weighted by atomic mass is 19.4. The standard InChI is InChI=1S/C25H29F5N4O2/c1-4-20(9-10-25(28,29)30)32-24(35)34(5-2)16(3)17-7-6-8-18(13-17)19-14-21(36-23(26)27)22-31-11-12-33(22)15-19/h6-8,11-16,20,23H,4-5,9-10H2,1-3H3,(H,32,35). The number of fused-ring (bicyclic) bond motifs is 1. The van der Waals surface area contributed by atoms with Crippen LogP contribution >= 0.6 is 0 Å². The Bertz CT molecular complexity index is 1160. The third-order valence-electron chi connectivity index (χ3n) is 6.04. The molecule has 0 saturated carbocycles. The minimum absolute atomic E-state index is 0.0648. The van der Waals surface area contributed by atoms with Crippen molar-refractivity contribution in [1.29, 1.82) is 0 Å². The van der Waals surface area contributed by atoms with Crippen molar-refractivity contribution in [3.63, 3.8) is 0 Å². The summed E-state index contributed by atoms with van der Waals surface area (Å²) in [5, 5.41) is 2.72.